The zero-order valence-electron chi connectivity index (χ0n) is 15.2. The predicted octanol–water partition coefficient (Wildman–Crippen LogP) is 2.67. The Morgan fingerprint density at radius 3 is 2.32 bits per heavy atom. The van der Waals surface area contributed by atoms with Gasteiger partial charge in [0.2, 0.25) is 0 Å². The summed E-state index contributed by atoms with van der Waals surface area (Å²) in [7, 11) is 4.20. The third-order valence-electron chi connectivity index (χ3n) is 5.86. The number of carbonyl (C=O) groups is 2. The second-order valence-corrected chi connectivity index (χ2v) is 8.24. The number of thioether (sulfide) groups is 1. The highest BCUT2D eigenvalue weighted by atomic mass is 32.2. The van der Waals surface area contributed by atoms with E-state index in [0.717, 1.165) is 18.6 Å². The molecule has 0 radical (unpaired) electrons. The van der Waals surface area contributed by atoms with E-state index < -0.39 is 5.54 Å². The number of urea groups is 1. The number of benzene rings is 1. The molecule has 136 valence electrons. The van der Waals surface area contributed by atoms with Crippen LogP contribution >= 0.6 is 11.8 Å². The minimum Gasteiger partial charge on any atom is -0.323 e. The van der Waals surface area contributed by atoms with Crippen molar-refractivity contribution < 1.29 is 9.59 Å². The Morgan fingerprint density at radius 1 is 1.12 bits per heavy atom. The fourth-order valence-electron chi connectivity index (χ4n) is 4.23. The van der Waals surface area contributed by atoms with E-state index in [-0.39, 0.29) is 17.5 Å². The van der Waals surface area contributed by atoms with Crippen molar-refractivity contribution in [3.63, 3.8) is 0 Å². The lowest BCUT2D eigenvalue weighted by Gasteiger charge is -2.48. The molecule has 2 fully saturated rings. The third-order valence-corrected chi connectivity index (χ3v) is 6.45. The third kappa shape index (κ3) is 3.06. The van der Waals surface area contributed by atoms with Gasteiger partial charge in [0.25, 0.3) is 5.91 Å². The molecule has 1 aromatic rings. The summed E-state index contributed by atoms with van der Waals surface area (Å²) in [5.41, 5.74) is 0.499. The van der Waals surface area contributed by atoms with Crippen LogP contribution in [0.5, 0.6) is 0 Å². The molecule has 25 heavy (non-hydrogen) atoms. The largest absolute Gasteiger partial charge is 0.325 e. The normalized spacial score (nSPS) is 29.5. The van der Waals surface area contributed by atoms with Crippen LogP contribution in [0.4, 0.5) is 4.79 Å². The zero-order valence-corrected chi connectivity index (χ0v) is 16.1. The van der Waals surface area contributed by atoms with E-state index in [1.165, 1.54) is 10.5 Å². The van der Waals surface area contributed by atoms with Crippen molar-refractivity contribution in [3.05, 3.63) is 35.9 Å². The van der Waals surface area contributed by atoms with Gasteiger partial charge >= 0.3 is 6.03 Å². The van der Waals surface area contributed by atoms with Crippen molar-refractivity contribution in [2.45, 2.75) is 36.8 Å². The monoisotopic (exact) mass is 361 g/mol. The molecular weight excluding hydrogens is 334 g/mol. The van der Waals surface area contributed by atoms with Gasteiger partial charge in [0.05, 0.1) is 0 Å². The second-order valence-electron chi connectivity index (χ2n) is 7.25. The molecule has 1 heterocycles. The van der Waals surface area contributed by atoms with Crippen LogP contribution in [0.2, 0.25) is 0 Å². The number of hydrogen-bond donors (Lipinski definition) is 1. The van der Waals surface area contributed by atoms with Crippen molar-refractivity contribution >= 4 is 23.7 Å². The lowest BCUT2D eigenvalue weighted by Crippen LogP contribution is -2.55. The van der Waals surface area contributed by atoms with E-state index >= 15 is 0 Å². The lowest BCUT2D eigenvalue weighted by molar-refractivity contribution is -0.133. The van der Waals surface area contributed by atoms with Crippen LogP contribution in [-0.4, -0.2) is 59.9 Å². The number of nitrogens with one attached hydrogen (secondary N) is 1. The summed E-state index contributed by atoms with van der Waals surface area (Å²) >= 11 is 1.65. The first-order valence-electron chi connectivity index (χ1n) is 8.81. The van der Waals surface area contributed by atoms with Crippen molar-refractivity contribution in [2.24, 2.45) is 0 Å². The van der Waals surface area contributed by atoms with Gasteiger partial charge in [-0.1, -0.05) is 30.3 Å². The van der Waals surface area contributed by atoms with Crippen LogP contribution < -0.4 is 5.32 Å². The first-order valence-corrected chi connectivity index (χ1v) is 10.2. The molecule has 1 spiro atoms. The first-order chi connectivity index (χ1) is 11.9. The molecule has 6 heteroatoms. The molecule has 1 aromatic carbocycles. The van der Waals surface area contributed by atoms with Crippen LogP contribution in [0.1, 0.15) is 31.2 Å². The average molecular weight is 362 g/mol. The van der Waals surface area contributed by atoms with Crippen molar-refractivity contribution in [2.75, 3.05) is 32.6 Å². The molecule has 0 unspecified atom stereocenters. The van der Waals surface area contributed by atoms with Crippen LogP contribution in [0.25, 0.3) is 0 Å². The van der Waals surface area contributed by atoms with Crippen molar-refractivity contribution in [1.82, 2.24) is 15.1 Å². The van der Waals surface area contributed by atoms with E-state index in [4.69, 9.17) is 0 Å². The maximum Gasteiger partial charge on any atom is 0.325 e. The second kappa shape index (κ2) is 7.00. The number of nitrogens with zero attached hydrogens (tertiary/aromatic N) is 2. The number of amides is 3. The molecule has 1 aliphatic carbocycles. The summed E-state index contributed by atoms with van der Waals surface area (Å²) in [6.45, 7) is 0.491. The Labute approximate surface area is 154 Å². The highest BCUT2D eigenvalue weighted by Gasteiger charge is 2.55. The number of hydrogen-bond acceptors (Lipinski definition) is 4. The molecule has 5 nitrogen and oxygen atoms in total. The van der Waals surface area contributed by atoms with Gasteiger partial charge in [-0.2, -0.15) is 11.8 Å². The number of imide groups is 1. The maximum atomic E-state index is 12.9. The number of carbonyl (C=O) groups excluding carboxylic acids is 2. The smallest absolute Gasteiger partial charge is 0.323 e. The molecule has 1 N–H and O–H groups in total. The van der Waals surface area contributed by atoms with Gasteiger partial charge in [-0.25, -0.2) is 4.79 Å². The summed E-state index contributed by atoms with van der Waals surface area (Å²) in [4.78, 5) is 28.9. The standard InChI is InChI=1S/C19H27N3O2S/c1-21(2)19(15-7-5-4-6-8-15)11-9-18(10-12-19)16(23)22(13-14-25-3)17(24)20-18/h4-8H,9-14H2,1-3H3,(H,20,24)/t18-,19-. The van der Waals surface area contributed by atoms with E-state index in [1.54, 1.807) is 11.8 Å². The van der Waals surface area contributed by atoms with Gasteiger partial charge in [-0.15, -0.1) is 0 Å². The number of rotatable bonds is 5. The molecule has 2 aliphatic rings. The molecule has 0 atom stereocenters. The summed E-state index contributed by atoms with van der Waals surface area (Å²) in [5, 5.41) is 3.02. The van der Waals surface area contributed by atoms with Gasteiger partial charge in [-0.3, -0.25) is 14.6 Å². The van der Waals surface area contributed by atoms with E-state index in [1.807, 2.05) is 12.3 Å². The molecule has 1 saturated carbocycles. The first kappa shape index (κ1) is 18.3. The topological polar surface area (TPSA) is 52.7 Å². The molecule has 3 amide bonds. The maximum absolute atomic E-state index is 12.9. The highest BCUT2D eigenvalue weighted by molar-refractivity contribution is 7.98. The summed E-state index contributed by atoms with van der Waals surface area (Å²) in [6.07, 6.45) is 5.06. The van der Waals surface area contributed by atoms with E-state index in [9.17, 15) is 9.59 Å². The summed E-state index contributed by atoms with van der Waals surface area (Å²) in [6, 6.07) is 10.3. The Morgan fingerprint density at radius 2 is 1.76 bits per heavy atom. The van der Waals surface area contributed by atoms with Crippen molar-refractivity contribution in [1.29, 1.82) is 0 Å². The molecule has 1 saturated heterocycles. The van der Waals surface area contributed by atoms with Gasteiger partial charge < -0.3 is 5.32 Å². The zero-order chi connectivity index (χ0) is 18.1. The predicted molar refractivity (Wildman–Crippen MR) is 102 cm³/mol. The van der Waals surface area contributed by atoms with Gasteiger partial charge in [0.1, 0.15) is 5.54 Å². The minimum absolute atomic E-state index is 0.0352. The Bertz CT molecular complexity index is 639. The molecule has 0 aromatic heterocycles. The van der Waals surface area contributed by atoms with E-state index in [0.29, 0.717) is 19.4 Å². The Balaban J connectivity index is 1.81. The molecule has 0 bridgehead atoms. The molecule has 3 rings (SSSR count). The van der Waals surface area contributed by atoms with Gasteiger partial charge in [0, 0.05) is 17.8 Å². The average Bonchev–Trinajstić information content (AvgIpc) is 2.85. The SMILES string of the molecule is CSCCN1C(=O)N[C@]2(CC[C@](c3ccccc3)(N(C)C)CC2)C1=O. The molecule has 1 aliphatic heterocycles. The quantitative estimate of drug-likeness (QED) is 0.819. The summed E-state index contributed by atoms with van der Waals surface area (Å²) in [5.74, 6) is 0.743. The highest BCUT2D eigenvalue weighted by Crippen LogP contribution is 2.46. The van der Waals surface area contributed by atoms with Crippen LogP contribution in [0.15, 0.2) is 30.3 Å². The minimum atomic E-state index is -0.705. The Hall–Kier alpha value is -1.53. The summed E-state index contributed by atoms with van der Waals surface area (Å²) < 4.78 is 0. The van der Waals surface area contributed by atoms with Crippen LogP contribution in [-0.2, 0) is 10.3 Å². The van der Waals surface area contributed by atoms with Gasteiger partial charge in [0.15, 0.2) is 0 Å². The van der Waals surface area contributed by atoms with Crippen molar-refractivity contribution in [3.8, 4) is 0 Å². The lowest BCUT2D eigenvalue weighted by atomic mass is 9.68. The fourth-order valence-corrected chi connectivity index (χ4v) is 4.60. The van der Waals surface area contributed by atoms with Crippen LogP contribution in [0, 0.1) is 0 Å². The molecular formula is C19H27N3O2S. The van der Waals surface area contributed by atoms with E-state index in [2.05, 4.69) is 48.6 Å². The van der Waals surface area contributed by atoms with Crippen LogP contribution in [0.3, 0.4) is 0 Å². The van der Waals surface area contributed by atoms with Gasteiger partial charge in [-0.05, 0) is 51.6 Å². The Kier molecular flexibility index (Phi) is 5.11. The fraction of sp³-hybridized carbons (Fsp3) is 0.579.